The molecule has 3 aromatic carbocycles. The maximum absolute atomic E-state index is 13.5. The summed E-state index contributed by atoms with van der Waals surface area (Å²) in [5.74, 6) is -1.94. The molecule has 39 heavy (non-hydrogen) atoms. The summed E-state index contributed by atoms with van der Waals surface area (Å²) in [6.07, 6.45) is 3.70. The van der Waals surface area contributed by atoms with Crippen LogP contribution in [0.1, 0.15) is 21.5 Å². The first-order valence-electron chi connectivity index (χ1n) is 11.9. The average molecular weight is 555 g/mol. The molecule has 0 atom stereocenters. The van der Waals surface area contributed by atoms with Gasteiger partial charge in [0.1, 0.15) is 6.54 Å². The zero-order valence-electron chi connectivity index (χ0n) is 20.7. The van der Waals surface area contributed by atoms with Crippen molar-refractivity contribution in [3.05, 3.63) is 107 Å². The summed E-state index contributed by atoms with van der Waals surface area (Å²) in [7, 11) is 0. The molecule has 2 heterocycles. The number of carbonyl (C=O) groups excluding carboxylic acids is 2. The van der Waals surface area contributed by atoms with Crippen molar-refractivity contribution in [2.24, 2.45) is 0 Å². The molecule has 0 radical (unpaired) electrons. The van der Waals surface area contributed by atoms with Crippen LogP contribution < -0.4 is 10.2 Å². The topological polar surface area (TPSA) is 105 Å². The molecule has 1 saturated heterocycles. The Bertz CT molecular complexity index is 1630. The lowest BCUT2D eigenvalue weighted by atomic mass is 10.1. The second kappa shape index (κ2) is 11.1. The van der Waals surface area contributed by atoms with E-state index in [0.717, 1.165) is 28.1 Å². The first-order chi connectivity index (χ1) is 18.8. The van der Waals surface area contributed by atoms with Crippen LogP contribution in [-0.2, 0) is 9.59 Å². The van der Waals surface area contributed by atoms with Crippen LogP contribution in [0.25, 0.3) is 23.0 Å². The highest BCUT2D eigenvalue weighted by Crippen LogP contribution is 2.37. The number of nitrogens with zero attached hydrogens (tertiary/aromatic N) is 3. The number of carboxylic acids is 1. The van der Waals surface area contributed by atoms with Crippen LogP contribution in [0.2, 0.25) is 0 Å². The Hall–Kier alpha value is -4.54. The third kappa shape index (κ3) is 5.66. The van der Waals surface area contributed by atoms with Crippen molar-refractivity contribution in [2.75, 3.05) is 11.4 Å². The molecule has 4 aromatic rings. The number of benzene rings is 3. The molecule has 0 spiro atoms. The molecule has 1 aliphatic rings. The quantitative estimate of drug-likeness (QED) is 0.243. The average Bonchev–Trinajstić information content (AvgIpc) is 3.48. The molecule has 0 saturated carbocycles. The lowest BCUT2D eigenvalue weighted by Crippen LogP contribution is -2.29. The first-order valence-corrected chi connectivity index (χ1v) is 13.1. The monoisotopic (exact) mass is 554 g/mol. The van der Waals surface area contributed by atoms with E-state index in [1.165, 1.54) is 28.8 Å². The van der Waals surface area contributed by atoms with Gasteiger partial charge in [0.05, 0.1) is 22.0 Å². The van der Waals surface area contributed by atoms with E-state index in [9.17, 15) is 14.4 Å². The van der Waals surface area contributed by atoms with E-state index in [1.54, 1.807) is 22.9 Å². The maximum atomic E-state index is 13.5. The summed E-state index contributed by atoms with van der Waals surface area (Å²) in [6.45, 7) is 1.54. The molecule has 0 unspecified atom stereocenters. The van der Waals surface area contributed by atoms with Crippen LogP contribution in [0.5, 0.6) is 0 Å². The minimum Gasteiger partial charge on any atom is -0.480 e. The fourth-order valence-electron chi connectivity index (χ4n) is 4.07. The highest BCUT2D eigenvalue weighted by atomic mass is 32.2. The number of thiocarbonyl (C=S) groups is 1. The standard InChI is InChI=1S/C29H22N4O4S2/c1-18-6-5-7-20(14-18)26-21(17-32(31-26)22-8-3-2-4-9-22)15-24-28(37)33(29(38)39-24)23-12-10-19(11-13-23)27(36)30-16-25(34)35/h2-15,17H,16H2,1H3,(H,30,36)(H,34,35)/b24-15-. The van der Waals surface area contributed by atoms with E-state index in [1.807, 2.05) is 67.7 Å². The Labute approximate surface area is 234 Å². The molecule has 0 bridgehead atoms. The number of rotatable bonds is 7. The van der Waals surface area contributed by atoms with Gasteiger partial charge in [0.15, 0.2) is 4.32 Å². The lowest BCUT2D eigenvalue weighted by Gasteiger charge is -2.15. The molecule has 2 N–H and O–H groups in total. The SMILES string of the molecule is Cc1cccc(-c2nn(-c3ccccc3)cc2/C=C2\SC(=S)N(c3ccc(C(=O)NCC(=O)O)cc3)C2=O)c1. The number of amides is 2. The van der Waals surface area contributed by atoms with E-state index in [0.29, 0.717) is 14.9 Å². The number of aliphatic carboxylic acids is 1. The van der Waals surface area contributed by atoms with Gasteiger partial charge in [-0.05, 0) is 55.5 Å². The molecular formula is C29H22N4O4S2. The zero-order valence-corrected chi connectivity index (χ0v) is 22.3. The van der Waals surface area contributed by atoms with Crippen LogP contribution >= 0.6 is 24.0 Å². The largest absolute Gasteiger partial charge is 0.480 e. The third-order valence-electron chi connectivity index (χ3n) is 5.92. The predicted octanol–water partition coefficient (Wildman–Crippen LogP) is 5.07. The molecular weight excluding hydrogens is 532 g/mol. The highest BCUT2D eigenvalue weighted by Gasteiger charge is 2.34. The number of anilines is 1. The van der Waals surface area contributed by atoms with Gasteiger partial charge in [-0.15, -0.1) is 0 Å². The third-order valence-corrected chi connectivity index (χ3v) is 7.23. The van der Waals surface area contributed by atoms with Gasteiger partial charge in [0.2, 0.25) is 0 Å². The van der Waals surface area contributed by atoms with E-state index in [4.69, 9.17) is 22.4 Å². The Morgan fingerprint density at radius 2 is 1.77 bits per heavy atom. The highest BCUT2D eigenvalue weighted by molar-refractivity contribution is 8.27. The summed E-state index contributed by atoms with van der Waals surface area (Å²) < 4.78 is 2.15. The fraction of sp³-hybridized carbons (Fsp3) is 0.0690. The Kier molecular flexibility index (Phi) is 7.40. The fourth-order valence-corrected chi connectivity index (χ4v) is 5.36. The summed E-state index contributed by atoms with van der Waals surface area (Å²) >= 11 is 6.73. The van der Waals surface area contributed by atoms with Crippen molar-refractivity contribution in [3.63, 3.8) is 0 Å². The molecule has 8 nitrogen and oxygen atoms in total. The van der Waals surface area contributed by atoms with Gasteiger partial charge in [-0.1, -0.05) is 65.9 Å². The minimum atomic E-state index is -1.14. The number of hydrogen-bond donors (Lipinski definition) is 2. The number of aryl methyl sites for hydroxylation is 1. The Morgan fingerprint density at radius 1 is 1.03 bits per heavy atom. The van der Waals surface area contributed by atoms with Crippen molar-refractivity contribution in [1.29, 1.82) is 0 Å². The molecule has 1 aromatic heterocycles. The molecule has 1 aliphatic heterocycles. The van der Waals surface area contributed by atoms with E-state index in [2.05, 4.69) is 5.32 Å². The van der Waals surface area contributed by atoms with Crippen molar-refractivity contribution in [2.45, 2.75) is 6.92 Å². The van der Waals surface area contributed by atoms with Crippen molar-refractivity contribution in [1.82, 2.24) is 15.1 Å². The summed E-state index contributed by atoms with van der Waals surface area (Å²) in [6, 6.07) is 24.0. The molecule has 194 valence electrons. The van der Waals surface area contributed by atoms with Gasteiger partial charge in [-0.3, -0.25) is 19.3 Å². The molecule has 0 aliphatic carbocycles. The second-order valence-corrected chi connectivity index (χ2v) is 10.4. The van der Waals surface area contributed by atoms with Crippen LogP contribution in [0.15, 0.2) is 90.0 Å². The predicted molar refractivity (Wildman–Crippen MR) is 156 cm³/mol. The van der Waals surface area contributed by atoms with Gasteiger partial charge in [-0.25, -0.2) is 4.68 Å². The first kappa shape index (κ1) is 26.1. The number of carboxylic acid groups (broad SMARTS) is 1. The van der Waals surface area contributed by atoms with Crippen LogP contribution in [0.4, 0.5) is 5.69 Å². The van der Waals surface area contributed by atoms with E-state index in [-0.39, 0.29) is 11.5 Å². The van der Waals surface area contributed by atoms with Crippen LogP contribution in [-0.4, -0.2) is 43.5 Å². The number of carbonyl (C=O) groups is 3. The summed E-state index contributed by atoms with van der Waals surface area (Å²) in [5.41, 5.74) is 5.22. The summed E-state index contributed by atoms with van der Waals surface area (Å²) in [4.78, 5) is 38.2. The lowest BCUT2D eigenvalue weighted by molar-refractivity contribution is -0.135. The van der Waals surface area contributed by atoms with Crippen LogP contribution in [0.3, 0.4) is 0 Å². The molecule has 10 heteroatoms. The number of nitrogens with one attached hydrogen (secondary N) is 1. The zero-order chi connectivity index (χ0) is 27.5. The number of aromatic nitrogens is 2. The van der Waals surface area contributed by atoms with Crippen molar-refractivity contribution in [3.8, 4) is 16.9 Å². The summed E-state index contributed by atoms with van der Waals surface area (Å²) in [5, 5.41) is 15.9. The smallest absolute Gasteiger partial charge is 0.322 e. The number of thioether (sulfide) groups is 1. The number of para-hydroxylation sites is 1. The normalized spacial score (nSPS) is 14.2. The Morgan fingerprint density at radius 3 is 2.46 bits per heavy atom. The van der Waals surface area contributed by atoms with Crippen LogP contribution in [0, 0.1) is 6.92 Å². The van der Waals surface area contributed by atoms with Crippen molar-refractivity contribution < 1.29 is 19.5 Å². The van der Waals surface area contributed by atoms with Crippen molar-refractivity contribution >= 4 is 57.8 Å². The Balaban J connectivity index is 1.46. The molecule has 1 fully saturated rings. The van der Waals surface area contributed by atoms with Gasteiger partial charge >= 0.3 is 5.97 Å². The number of hydrogen-bond acceptors (Lipinski definition) is 6. The van der Waals surface area contributed by atoms with E-state index < -0.39 is 18.4 Å². The van der Waals surface area contributed by atoms with Gasteiger partial charge in [0.25, 0.3) is 11.8 Å². The van der Waals surface area contributed by atoms with E-state index >= 15 is 0 Å². The minimum absolute atomic E-state index is 0.275. The maximum Gasteiger partial charge on any atom is 0.322 e. The molecule has 5 rings (SSSR count). The van der Waals surface area contributed by atoms with Gasteiger partial charge < -0.3 is 10.4 Å². The molecule has 2 amide bonds. The second-order valence-electron chi connectivity index (χ2n) is 8.72. The van der Waals surface area contributed by atoms with Gasteiger partial charge in [0, 0.05) is 22.9 Å². The van der Waals surface area contributed by atoms with Gasteiger partial charge in [-0.2, -0.15) is 5.10 Å².